The molecule has 0 saturated heterocycles. The van der Waals surface area contributed by atoms with Gasteiger partial charge in [-0.05, 0) is 49.2 Å². The van der Waals surface area contributed by atoms with Gasteiger partial charge in [-0.25, -0.2) is 0 Å². The van der Waals surface area contributed by atoms with Crippen LogP contribution >= 0.6 is 24.8 Å². The minimum atomic E-state index is 0. The standard InChI is InChI=1S/C22H26N4.2ClH/c1-3-7-21-19(5-1)17(15-25-21)9-11-23-13-14-24-12-10-18-16-26-22-8-4-2-6-20(18)22;;/h1-8,15-16,23-26H,9-14H2;2*1H. The van der Waals surface area contributed by atoms with E-state index in [1.807, 2.05) is 0 Å². The highest BCUT2D eigenvalue weighted by atomic mass is 35.5. The Morgan fingerprint density at radius 3 is 1.46 bits per heavy atom. The van der Waals surface area contributed by atoms with Crippen LogP contribution < -0.4 is 10.6 Å². The number of aromatic amines is 2. The van der Waals surface area contributed by atoms with E-state index >= 15 is 0 Å². The smallest absolute Gasteiger partial charge is 0.0456 e. The molecule has 4 nitrogen and oxygen atoms in total. The summed E-state index contributed by atoms with van der Waals surface area (Å²) in [6, 6.07) is 17.0. The van der Waals surface area contributed by atoms with Gasteiger partial charge in [-0.3, -0.25) is 0 Å². The first-order chi connectivity index (χ1) is 12.9. The van der Waals surface area contributed by atoms with E-state index in [2.05, 4.69) is 81.5 Å². The van der Waals surface area contributed by atoms with Crippen LogP contribution in [0.2, 0.25) is 0 Å². The number of aromatic nitrogens is 2. The Morgan fingerprint density at radius 1 is 0.571 bits per heavy atom. The molecule has 0 bridgehead atoms. The first-order valence-corrected chi connectivity index (χ1v) is 9.43. The summed E-state index contributed by atoms with van der Waals surface area (Å²) in [4.78, 5) is 6.68. The van der Waals surface area contributed by atoms with Crippen LogP contribution in [0.3, 0.4) is 0 Å². The highest BCUT2D eigenvalue weighted by molar-refractivity contribution is 5.86. The predicted molar refractivity (Wildman–Crippen MR) is 124 cm³/mol. The van der Waals surface area contributed by atoms with E-state index in [-0.39, 0.29) is 24.8 Å². The number of hydrogen-bond donors (Lipinski definition) is 4. The largest absolute Gasteiger partial charge is 0.361 e. The molecule has 0 aliphatic rings. The van der Waals surface area contributed by atoms with Crippen LogP contribution in [0.4, 0.5) is 0 Å². The van der Waals surface area contributed by atoms with Crippen LogP contribution in [0.15, 0.2) is 60.9 Å². The average molecular weight is 419 g/mol. The molecule has 0 atom stereocenters. The summed E-state index contributed by atoms with van der Waals surface area (Å²) in [6.07, 6.45) is 6.37. The van der Waals surface area contributed by atoms with E-state index in [1.54, 1.807) is 0 Å². The molecule has 2 heterocycles. The lowest BCUT2D eigenvalue weighted by atomic mass is 10.1. The van der Waals surface area contributed by atoms with Crippen molar-refractivity contribution in [1.29, 1.82) is 0 Å². The SMILES string of the molecule is Cl.Cl.c1ccc2c(CCNCCNCCc3c[nH]c4ccccc34)c[nH]c2c1. The van der Waals surface area contributed by atoms with Gasteiger partial charge in [0.05, 0.1) is 0 Å². The molecule has 0 spiro atoms. The molecule has 2 aromatic carbocycles. The molecular weight excluding hydrogens is 391 g/mol. The summed E-state index contributed by atoms with van der Waals surface area (Å²) < 4.78 is 0. The highest BCUT2D eigenvalue weighted by Gasteiger charge is 2.03. The van der Waals surface area contributed by atoms with Gasteiger partial charge >= 0.3 is 0 Å². The van der Waals surface area contributed by atoms with Gasteiger partial charge in [0.15, 0.2) is 0 Å². The van der Waals surface area contributed by atoms with Crippen molar-refractivity contribution in [3.63, 3.8) is 0 Å². The summed E-state index contributed by atoms with van der Waals surface area (Å²) >= 11 is 0. The summed E-state index contributed by atoms with van der Waals surface area (Å²) in [6.45, 7) is 4.00. The van der Waals surface area contributed by atoms with Crippen molar-refractivity contribution in [3.8, 4) is 0 Å². The molecule has 0 unspecified atom stereocenters. The van der Waals surface area contributed by atoms with E-state index in [4.69, 9.17) is 0 Å². The molecular formula is C22H28Cl2N4. The third-order valence-electron chi connectivity index (χ3n) is 4.97. The minimum Gasteiger partial charge on any atom is -0.361 e. The monoisotopic (exact) mass is 418 g/mol. The molecule has 2 aromatic heterocycles. The van der Waals surface area contributed by atoms with Crippen LogP contribution in [-0.4, -0.2) is 36.1 Å². The number of hydrogen-bond acceptors (Lipinski definition) is 2. The first kappa shape index (κ1) is 22.3. The summed E-state index contributed by atoms with van der Waals surface area (Å²) in [5.41, 5.74) is 5.23. The number of para-hydroxylation sites is 2. The van der Waals surface area contributed by atoms with Crippen LogP contribution in [0, 0.1) is 0 Å². The van der Waals surface area contributed by atoms with Gasteiger partial charge in [-0.2, -0.15) is 0 Å². The maximum Gasteiger partial charge on any atom is 0.0456 e. The lowest BCUT2D eigenvalue weighted by Crippen LogP contribution is -2.29. The second kappa shape index (κ2) is 11.1. The lowest BCUT2D eigenvalue weighted by Gasteiger charge is -2.06. The summed E-state index contributed by atoms with van der Waals surface area (Å²) in [5, 5.41) is 9.74. The Bertz CT molecular complexity index is 897. The van der Waals surface area contributed by atoms with Gasteiger partial charge in [-0.15, -0.1) is 24.8 Å². The molecule has 0 aliphatic carbocycles. The molecule has 4 rings (SSSR count). The highest BCUT2D eigenvalue weighted by Crippen LogP contribution is 2.18. The van der Waals surface area contributed by atoms with Gasteiger partial charge in [0.2, 0.25) is 0 Å². The average Bonchev–Trinajstić information content (AvgIpc) is 3.28. The number of nitrogens with one attached hydrogen (secondary N) is 4. The third-order valence-corrected chi connectivity index (χ3v) is 4.97. The van der Waals surface area contributed by atoms with E-state index < -0.39 is 0 Å². The molecule has 0 fully saturated rings. The van der Waals surface area contributed by atoms with E-state index in [0.29, 0.717) is 0 Å². The maximum atomic E-state index is 3.53. The molecule has 0 saturated carbocycles. The van der Waals surface area contributed by atoms with Crippen LogP contribution in [-0.2, 0) is 12.8 Å². The van der Waals surface area contributed by atoms with E-state index in [9.17, 15) is 0 Å². The summed E-state index contributed by atoms with van der Waals surface area (Å²) in [7, 11) is 0. The fraction of sp³-hybridized carbons (Fsp3) is 0.273. The van der Waals surface area contributed by atoms with Crippen molar-refractivity contribution < 1.29 is 0 Å². The fourth-order valence-electron chi connectivity index (χ4n) is 3.55. The molecule has 150 valence electrons. The number of benzene rings is 2. The molecule has 4 aromatic rings. The summed E-state index contributed by atoms with van der Waals surface area (Å²) in [5.74, 6) is 0. The second-order valence-electron chi connectivity index (χ2n) is 6.72. The van der Waals surface area contributed by atoms with Gasteiger partial charge < -0.3 is 20.6 Å². The first-order valence-electron chi connectivity index (χ1n) is 9.43. The Kier molecular flexibility index (Phi) is 8.87. The van der Waals surface area contributed by atoms with Crippen molar-refractivity contribution in [2.24, 2.45) is 0 Å². The number of rotatable bonds is 9. The van der Waals surface area contributed by atoms with Crippen LogP contribution in [0.1, 0.15) is 11.1 Å². The van der Waals surface area contributed by atoms with Crippen molar-refractivity contribution in [1.82, 2.24) is 20.6 Å². The van der Waals surface area contributed by atoms with Crippen LogP contribution in [0.5, 0.6) is 0 Å². The van der Waals surface area contributed by atoms with Gasteiger partial charge in [0, 0.05) is 47.3 Å². The zero-order chi connectivity index (χ0) is 17.6. The van der Waals surface area contributed by atoms with Gasteiger partial charge in [0.1, 0.15) is 0 Å². The molecule has 4 N–H and O–H groups in total. The molecule has 0 amide bonds. The molecule has 0 radical (unpaired) electrons. The molecule has 0 aliphatic heterocycles. The predicted octanol–water partition coefficient (Wildman–Crippen LogP) is 4.46. The van der Waals surface area contributed by atoms with Crippen molar-refractivity contribution in [2.45, 2.75) is 12.8 Å². The second-order valence-corrected chi connectivity index (χ2v) is 6.72. The Balaban J connectivity index is 0.00000140. The van der Waals surface area contributed by atoms with Gasteiger partial charge in [-0.1, -0.05) is 36.4 Å². The Labute approximate surface area is 178 Å². The van der Waals surface area contributed by atoms with E-state index in [1.165, 1.54) is 32.9 Å². The zero-order valence-electron chi connectivity index (χ0n) is 15.8. The minimum absolute atomic E-state index is 0. The van der Waals surface area contributed by atoms with E-state index in [0.717, 1.165) is 39.0 Å². The number of H-pyrrole nitrogens is 2. The quantitative estimate of drug-likeness (QED) is 0.303. The Hall–Kier alpha value is -1.98. The normalized spacial score (nSPS) is 10.7. The Morgan fingerprint density at radius 2 is 1.00 bits per heavy atom. The van der Waals surface area contributed by atoms with Gasteiger partial charge in [0.25, 0.3) is 0 Å². The van der Waals surface area contributed by atoms with Crippen molar-refractivity contribution >= 4 is 46.6 Å². The fourth-order valence-corrected chi connectivity index (χ4v) is 3.55. The topological polar surface area (TPSA) is 55.6 Å². The molecule has 6 heteroatoms. The van der Waals surface area contributed by atoms with Crippen molar-refractivity contribution in [3.05, 3.63) is 72.1 Å². The maximum absolute atomic E-state index is 3.53. The van der Waals surface area contributed by atoms with Crippen molar-refractivity contribution in [2.75, 3.05) is 26.2 Å². The molecule has 28 heavy (non-hydrogen) atoms. The third kappa shape index (κ3) is 5.30. The van der Waals surface area contributed by atoms with Crippen LogP contribution in [0.25, 0.3) is 21.8 Å². The number of fused-ring (bicyclic) bond motifs is 2. The number of halogens is 2. The lowest BCUT2D eigenvalue weighted by molar-refractivity contribution is 0.612. The zero-order valence-corrected chi connectivity index (χ0v) is 17.5.